The summed E-state index contributed by atoms with van der Waals surface area (Å²) >= 11 is 0. The molecule has 1 heterocycles. The molecule has 0 aliphatic carbocycles. The molecule has 0 radical (unpaired) electrons. The predicted octanol–water partition coefficient (Wildman–Crippen LogP) is 1.59. The van der Waals surface area contributed by atoms with E-state index in [1.54, 1.807) is 0 Å². The second-order valence-corrected chi connectivity index (χ2v) is 4.74. The summed E-state index contributed by atoms with van der Waals surface area (Å²) in [4.78, 5) is 4.30. The molecule has 1 aromatic rings. The molecular weight excluding hydrogens is 214 g/mol. The molecule has 0 saturated heterocycles. The summed E-state index contributed by atoms with van der Waals surface area (Å²) in [7, 11) is 0. The quantitative estimate of drug-likeness (QED) is 0.724. The average Bonchev–Trinajstić information content (AvgIpc) is 2.77. The Morgan fingerprint density at radius 2 is 2.24 bits per heavy atom. The first-order valence-corrected chi connectivity index (χ1v) is 6.51. The number of hydrogen-bond donors (Lipinski definition) is 2. The molecule has 0 bridgehead atoms. The van der Waals surface area contributed by atoms with Gasteiger partial charge in [0.1, 0.15) is 5.82 Å². The van der Waals surface area contributed by atoms with E-state index in [0.29, 0.717) is 0 Å². The maximum Gasteiger partial charge on any atom is 0.108 e. The van der Waals surface area contributed by atoms with E-state index in [1.165, 1.54) is 0 Å². The lowest BCUT2D eigenvalue weighted by atomic mass is 9.97. The van der Waals surface area contributed by atoms with E-state index in [-0.39, 0.29) is 12.1 Å². The van der Waals surface area contributed by atoms with Crippen LogP contribution >= 0.6 is 0 Å². The molecule has 17 heavy (non-hydrogen) atoms. The van der Waals surface area contributed by atoms with Gasteiger partial charge in [0.05, 0.1) is 6.61 Å². The smallest absolute Gasteiger partial charge is 0.108 e. The highest BCUT2D eigenvalue weighted by molar-refractivity contribution is 4.92. The van der Waals surface area contributed by atoms with Crippen LogP contribution in [0, 0.1) is 0 Å². The van der Waals surface area contributed by atoms with Gasteiger partial charge in [-0.25, -0.2) is 4.98 Å². The third-order valence-electron chi connectivity index (χ3n) is 3.20. The minimum Gasteiger partial charge on any atom is -0.394 e. The number of hydrogen-bond acceptors (Lipinski definition) is 3. The second-order valence-electron chi connectivity index (χ2n) is 4.74. The van der Waals surface area contributed by atoms with Gasteiger partial charge in [-0.3, -0.25) is 0 Å². The summed E-state index contributed by atoms with van der Waals surface area (Å²) < 4.78 is 2.20. The summed E-state index contributed by atoms with van der Waals surface area (Å²) in [5.41, 5.74) is -0.151. The van der Waals surface area contributed by atoms with Crippen LogP contribution in [0.2, 0.25) is 0 Å². The Balaban J connectivity index is 2.41. The Hall–Kier alpha value is -0.870. The zero-order chi connectivity index (χ0) is 12.7. The number of aliphatic hydroxyl groups excluding tert-OH is 1. The lowest BCUT2D eigenvalue weighted by molar-refractivity contribution is 0.164. The number of imidazole rings is 1. The topological polar surface area (TPSA) is 50.1 Å². The van der Waals surface area contributed by atoms with Gasteiger partial charge in [-0.2, -0.15) is 0 Å². The van der Waals surface area contributed by atoms with E-state index in [0.717, 1.165) is 38.2 Å². The predicted molar refractivity (Wildman–Crippen MR) is 70.0 cm³/mol. The van der Waals surface area contributed by atoms with Crippen molar-refractivity contribution in [3.8, 4) is 0 Å². The van der Waals surface area contributed by atoms with Crippen LogP contribution < -0.4 is 5.32 Å². The number of nitrogens with zero attached hydrogens (tertiary/aromatic N) is 2. The zero-order valence-corrected chi connectivity index (χ0v) is 11.2. The Morgan fingerprint density at radius 3 is 2.82 bits per heavy atom. The van der Waals surface area contributed by atoms with Gasteiger partial charge >= 0.3 is 0 Å². The van der Waals surface area contributed by atoms with Crippen LogP contribution in [0.25, 0.3) is 0 Å². The molecule has 4 heteroatoms. The van der Waals surface area contributed by atoms with Crippen LogP contribution in [0.4, 0.5) is 0 Å². The molecule has 98 valence electrons. The fraction of sp³-hybridized carbons (Fsp3) is 0.769. The largest absolute Gasteiger partial charge is 0.394 e. The maximum absolute atomic E-state index is 9.39. The van der Waals surface area contributed by atoms with Crippen LogP contribution in [0.5, 0.6) is 0 Å². The van der Waals surface area contributed by atoms with Crippen LogP contribution in [-0.2, 0) is 13.0 Å². The van der Waals surface area contributed by atoms with Crippen molar-refractivity contribution in [1.29, 1.82) is 0 Å². The highest BCUT2D eigenvalue weighted by Gasteiger charge is 2.20. The number of nitrogens with one attached hydrogen (secondary N) is 1. The number of likely N-dealkylation sites (N-methyl/N-ethyl adjacent to an activating group) is 1. The Bertz CT molecular complexity index is 324. The molecule has 0 spiro atoms. The summed E-state index contributed by atoms with van der Waals surface area (Å²) in [6.45, 7) is 8.32. The summed E-state index contributed by atoms with van der Waals surface area (Å²) in [5, 5.41) is 12.7. The molecule has 0 fully saturated rings. The van der Waals surface area contributed by atoms with Gasteiger partial charge in [0.2, 0.25) is 0 Å². The van der Waals surface area contributed by atoms with E-state index >= 15 is 0 Å². The highest BCUT2D eigenvalue weighted by Crippen LogP contribution is 2.13. The molecule has 0 aromatic carbocycles. The molecule has 4 nitrogen and oxygen atoms in total. The zero-order valence-electron chi connectivity index (χ0n) is 11.2. The van der Waals surface area contributed by atoms with Crippen molar-refractivity contribution < 1.29 is 5.11 Å². The SMILES string of the molecule is CCNC(C)(CO)CCCn1ccnc1CC. The first-order chi connectivity index (χ1) is 8.15. The molecule has 0 amide bonds. The van der Waals surface area contributed by atoms with Crippen molar-refractivity contribution >= 4 is 0 Å². The minimum atomic E-state index is -0.151. The highest BCUT2D eigenvalue weighted by atomic mass is 16.3. The molecule has 0 aliphatic heterocycles. The van der Waals surface area contributed by atoms with Crippen molar-refractivity contribution in [1.82, 2.24) is 14.9 Å². The maximum atomic E-state index is 9.39. The summed E-state index contributed by atoms with van der Waals surface area (Å²) in [5.74, 6) is 1.14. The van der Waals surface area contributed by atoms with E-state index in [2.05, 4.69) is 35.6 Å². The molecule has 0 aliphatic rings. The number of aliphatic hydroxyl groups is 1. The molecule has 0 saturated carbocycles. The van der Waals surface area contributed by atoms with E-state index in [1.807, 2.05) is 12.4 Å². The monoisotopic (exact) mass is 239 g/mol. The van der Waals surface area contributed by atoms with Crippen LogP contribution in [-0.4, -0.2) is 33.3 Å². The Labute approximate surface area is 104 Å². The number of aryl methyl sites for hydroxylation is 2. The molecule has 1 atom stereocenters. The van der Waals surface area contributed by atoms with Crippen LogP contribution in [0.3, 0.4) is 0 Å². The van der Waals surface area contributed by atoms with Crippen molar-refractivity contribution in [3.63, 3.8) is 0 Å². The minimum absolute atomic E-state index is 0.151. The third-order valence-corrected chi connectivity index (χ3v) is 3.20. The van der Waals surface area contributed by atoms with Gasteiger partial charge in [0.25, 0.3) is 0 Å². The molecular formula is C13H25N3O. The van der Waals surface area contributed by atoms with Crippen LogP contribution in [0.1, 0.15) is 39.4 Å². The average molecular weight is 239 g/mol. The molecule has 1 aromatic heterocycles. The standard InChI is InChI=1S/C13H25N3O/c1-4-12-14-8-10-16(12)9-6-7-13(3,11-17)15-5-2/h8,10,15,17H,4-7,9,11H2,1-3H3. The van der Waals surface area contributed by atoms with Crippen molar-refractivity contribution in [2.24, 2.45) is 0 Å². The number of aromatic nitrogens is 2. The fourth-order valence-corrected chi connectivity index (χ4v) is 2.15. The fourth-order valence-electron chi connectivity index (χ4n) is 2.15. The lowest BCUT2D eigenvalue weighted by Gasteiger charge is -2.28. The van der Waals surface area contributed by atoms with Gasteiger partial charge in [-0.05, 0) is 26.3 Å². The van der Waals surface area contributed by atoms with Gasteiger partial charge < -0.3 is 15.0 Å². The molecule has 1 unspecified atom stereocenters. The summed E-state index contributed by atoms with van der Waals surface area (Å²) in [6, 6.07) is 0. The lowest BCUT2D eigenvalue weighted by Crippen LogP contribution is -2.45. The van der Waals surface area contributed by atoms with E-state index in [4.69, 9.17) is 0 Å². The Kier molecular flexibility index (Phi) is 5.65. The van der Waals surface area contributed by atoms with Crippen molar-refractivity contribution in [2.45, 2.75) is 52.1 Å². The van der Waals surface area contributed by atoms with E-state index < -0.39 is 0 Å². The summed E-state index contributed by atoms with van der Waals surface area (Å²) in [6.07, 6.45) is 6.88. The van der Waals surface area contributed by atoms with Crippen LogP contribution in [0.15, 0.2) is 12.4 Å². The molecule has 1 rings (SSSR count). The van der Waals surface area contributed by atoms with Gasteiger partial charge in [-0.15, -0.1) is 0 Å². The number of rotatable bonds is 8. The molecule has 2 N–H and O–H groups in total. The third kappa shape index (κ3) is 4.13. The normalized spacial score (nSPS) is 14.8. The van der Waals surface area contributed by atoms with E-state index in [9.17, 15) is 5.11 Å². The Morgan fingerprint density at radius 1 is 1.47 bits per heavy atom. The van der Waals surface area contributed by atoms with Crippen molar-refractivity contribution in [2.75, 3.05) is 13.2 Å². The van der Waals surface area contributed by atoms with Gasteiger partial charge in [0, 0.05) is 30.9 Å². The second kappa shape index (κ2) is 6.77. The van der Waals surface area contributed by atoms with Gasteiger partial charge in [-0.1, -0.05) is 13.8 Å². The van der Waals surface area contributed by atoms with Gasteiger partial charge in [0.15, 0.2) is 0 Å². The first kappa shape index (κ1) is 14.2. The first-order valence-electron chi connectivity index (χ1n) is 6.51. The van der Waals surface area contributed by atoms with Crippen molar-refractivity contribution in [3.05, 3.63) is 18.2 Å².